The SMILES string of the molecule is O=C(C(O)c1ccccc1)N1CCOC2(CCCC2)C1. The highest BCUT2D eigenvalue weighted by Gasteiger charge is 2.41. The normalized spacial score (nSPS) is 22.9. The maximum absolute atomic E-state index is 12.5. The van der Waals surface area contributed by atoms with Crippen molar-refractivity contribution in [3.63, 3.8) is 0 Å². The molecule has 0 bridgehead atoms. The average molecular weight is 275 g/mol. The number of aliphatic hydroxyl groups is 1. The third kappa shape index (κ3) is 2.58. The second-order valence-corrected chi connectivity index (χ2v) is 5.81. The van der Waals surface area contributed by atoms with Crippen LogP contribution in [0.2, 0.25) is 0 Å². The Morgan fingerprint density at radius 3 is 2.65 bits per heavy atom. The first-order valence-electron chi connectivity index (χ1n) is 7.36. The smallest absolute Gasteiger partial charge is 0.256 e. The lowest BCUT2D eigenvalue weighted by molar-refractivity contribution is -0.158. The number of morpholine rings is 1. The van der Waals surface area contributed by atoms with E-state index in [1.807, 2.05) is 18.2 Å². The fraction of sp³-hybridized carbons (Fsp3) is 0.562. The lowest BCUT2D eigenvalue weighted by Crippen LogP contribution is -2.53. The summed E-state index contributed by atoms with van der Waals surface area (Å²) in [4.78, 5) is 14.2. The molecule has 2 fully saturated rings. The Labute approximate surface area is 119 Å². The Balaban J connectivity index is 1.70. The zero-order chi connectivity index (χ0) is 14.0. The first kappa shape index (κ1) is 13.6. The lowest BCUT2D eigenvalue weighted by Gasteiger charge is -2.41. The van der Waals surface area contributed by atoms with Crippen LogP contribution in [0.1, 0.15) is 37.4 Å². The maximum Gasteiger partial charge on any atom is 0.256 e. The number of aliphatic hydroxyl groups excluding tert-OH is 1. The van der Waals surface area contributed by atoms with Crippen LogP contribution in [0.25, 0.3) is 0 Å². The molecule has 1 amide bonds. The third-order valence-electron chi connectivity index (χ3n) is 4.42. The van der Waals surface area contributed by atoms with Crippen LogP contribution in [0.3, 0.4) is 0 Å². The Hall–Kier alpha value is -1.39. The van der Waals surface area contributed by atoms with Gasteiger partial charge < -0.3 is 14.7 Å². The molecule has 1 N–H and O–H groups in total. The van der Waals surface area contributed by atoms with Crippen molar-refractivity contribution in [3.05, 3.63) is 35.9 Å². The van der Waals surface area contributed by atoms with Crippen molar-refractivity contribution >= 4 is 5.91 Å². The van der Waals surface area contributed by atoms with Crippen LogP contribution < -0.4 is 0 Å². The Morgan fingerprint density at radius 2 is 1.95 bits per heavy atom. The first-order valence-corrected chi connectivity index (χ1v) is 7.36. The fourth-order valence-electron chi connectivity index (χ4n) is 3.31. The predicted octanol–water partition coefficient (Wildman–Crippen LogP) is 1.89. The number of benzene rings is 1. The van der Waals surface area contributed by atoms with Gasteiger partial charge in [-0.15, -0.1) is 0 Å². The van der Waals surface area contributed by atoms with E-state index in [9.17, 15) is 9.90 Å². The van der Waals surface area contributed by atoms with Gasteiger partial charge in [0, 0.05) is 13.1 Å². The van der Waals surface area contributed by atoms with Crippen molar-refractivity contribution in [2.24, 2.45) is 0 Å². The number of rotatable bonds is 2. The zero-order valence-corrected chi connectivity index (χ0v) is 11.6. The highest BCUT2D eigenvalue weighted by atomic mass is 16.5. The summed E-state index contributed by atoms with van der Waals surface area (Å²) in [6, 6.07) is 9.12. The average Bonchev–Trinajstić information content (AvgIpc) is 2.94. The quantitative estimate of drug-likeness (QED) is 0.896. The van der Waals surface area contributed by atoms with Crippen LogP contribution >= 0.6 is 0 Å². The van der Waals surface area contributed by atoms with Gasteiger partial charge in [0.25, 0.3) is 5.91 Å². The summed E-state index contributed by atoms with van der Waals surface area (Å²) >= 11 is 0. The van der Waals surface area contributed by atoms with Crippen LogP contribution in [0.15, 0.2) is 30.3 Å². The molecule has 1 unspecified atom stereocenters. The van der Waals surface area contributed by atoms with Crippen LogP contribution in [0.4, 0.5) is 0 Å². The molecule has 4 nitrogen and oxygen atoms in total. The van der Waals surface area contributed by atoms with Crippen LogP contribution in [-0.2, 0) is 9.53 Å². The molecule has 20 heavy (non-hydrogen) atoms. The highest BCUT2D eigenvalue weighted by Crippen LogP contribution is 2.36. The molecule has 0 aromatic heterocycles. The topological polar surface area (TPSA) is 49.8 Å². The lowest BCUT2D eigenvalue weighted by atomic mass is 9.98. The van der Waals surface area contributed by atoms with Gasteiger partial charge in [-0.1, -0.05) is 43.2 Å². The van der Waals surface area contributed by atoms with Gasteiger partial charge in [0.1, 0.15) is 0 Å². The highest BCUT2D eigenvalue weighted by molar-refractivity contribution is 5.82. The number of hydrogen-bond donors (Lipinski definition) is 1. The summed E-state index contributed by atoms with van der Waals surface area (Å²) in [6.07, 6.45) is 3.33. The van der Waals surface area contributed by atoms with E-state index in [4.69, 9.17) is 4.74 Å². The summed E-state index contributed by atoms with van der Waals surface area (Å²) in [6.45, 7) is 1.77. The number of carbonyl (C=O) groups excluding carboxylic acids is 1. The predicted molar refractivity (Wildman–Crippen MR) is 75.1 cm³/mol. The Kier molecular flexibility index (Phi) is 3.76. The van der Waals surface area contributed by atoms with Crippen molar-refractivity contribution < 1.29 is 14.6 Å². The molecule has 1 atom stereocenters. The zero-order valence-electron chi connectivity index (χ0n) is 11.6. The largest absolute Gasteiger partial charge is 0.378 e. The standard InChI is InChI=1S/C16H21NO3/c18-14(13-6-2-1-3-7-13)15(19)17-10-11-20-16(12-17)8-4-5-9-16/h1-3,6-7,14,18H,4-5,8-12H2. The molecule has 3 rings (SSSR count). The second-order valence-electron chi connectivity index (χ2n) is 5.81. The summed E-state index contributed by atoms with van der Waals surface area (Å²) in [5.41, 5.74) is 0.508. The molecule has 0 radical (unpaired) electrons. The fourth-order valence-corrected chi connectivity index (χ4v) is 3.31. The molecule has 1 aromatic rings. The van der Waals surface area contributed by atoms with Crippen molar-refractivity contribution in [2.45, 2.75) is 37.4 Å². The number of amides is 1. The van der Waals surface area contributed by atoms with Crippen molar-refractivity contribution in [1.29, 1.82) is 0 Å². The minimum absolute atomic E-state index is 0.148. The van der Waals surface area contributed by atoms with Gasteiger partial charge in [-0.05, 0) is 18.4 Å². The number of nitrogens with zero attached hydrogens (tertiary/aromatic N) is 1. The van der Waals surface area contributed by atoms with E-state index in [1.54, 1.807) is 17.0 Å². The Morgan fingerprint density at radius 1 is 1.25 bits per heavy atom. The molecule has 1 aliphatic carbocycles. The van der Waals surface area contributed by atoms with Gasteiger partial charge in [-0.3, -0.25) is 4.79 Å². The summed E-state index contributed by atoms with van der Waals surface area (Å²) < 4.78 is 5.92. The summed E-state index contributed by atoms with van der Waals surface area (Å²) in [5.74, 6) is -0.203. The molecule has 2 aliphatic rings. The van der Waals surface area contributed by atoms with Gasteiger partial charge in [-0.2, -0.15) is 0 Å². The molecule has 108 valence electrons. The Bertz CT molecular complexity index is 468. The van der Waals surface area contributed by atoms with E-state index in [0.717, 1.165) is 12.8 Å². The van der Waals surface area contributed by atoms with Gasteiger partial charge in [-0.25, -0.2) is 0 Å². The van der Waals surface area contributed by atoms with Gasteiger partial charge in [0.05, 0.1) is 12.2 Å². The van der Waals surface area contributed by atoms with Crippen molar-refractivity contribution in [3.8, 4) is 0 Å². The van der Waals surface area contributed by atoms with Gasteiger partial charge in [0.15, 0.2) is 6.10 Å². The van der Waals surface area contributed by atoms with E-state index in [-0.39, 0.29) is 11.5 Å². The summed E-state index contributed by atoms with van der Waals surface area (Å²) in [7, 11) is 0. The van der Waals surface area contributed by atoms with Crippen molar-refractivity contribution in [2.75, 3.05) is 19.7 Å². The van der Waals surface area contributed by atoms with Crippen LogP contribution in [0.5, 0.6) is 0 Å². The van der Waals surface area contributed by atoms with Crippen molar-refractivity contribution in [1.82, 2.24) is 4.90 Å². The first-order chi connectivity index (χ1) is 9.70. The van der Waals surface area contributed by atoms with E-state index in [1.165, 1.54) is 12.8 Å². The number of hydrogen-bond acceptors (Lipinski definition) is 3. The van der Waals surface area contributed by atoms with Gasteiger partial charge >= 0.3 is 0 Å². The van der Waals surface area contributed by atoms with E-state index < -0.39 is 6.10 Å². The molecule has 1 heterocycles. The van der Waals surface area contributed by atoms with E-state index in [2.05, 4.69) is 0 Å². The van der Waals surface area contributed by atoms with Gasteiger partial charge in [0.2, 0.25) is 0 Å². The third-order valence-corrected chi connectivity index (χ3v) is 4.42. The van der Waals surface area contributed by atoms with Crippen LogP contribution in [0, 0.1) is 0 Å². The maximum atomic E-state index is 12.5. The van der Waals surface area contributed by atoms with E-state index in [0.29, 0.717) is 25.3 Å². The molecular formula is C16H21NO3. The molecule has 1 spiro atoms. The molecular weight excluding hydrogens is 254 g/mol. The minimum atomic E-state index is -1.06. The van der Waals surface area contributed by atoms with E-state index >= 15 is 0 Å². The number of ether oxygens (including phenoxy) is 1. The number of carbonyl (C=O) groups is 1. The molecule has 1 saturated carbocycles. The molecule has 1 saturated heterocycles. The minimum Gasteiger partial charge on any atom is -0.378 e. The summed E-state index contributed by atoms with van der Waals surface area (Å²) in [5, 5.41) is 10.2. The monoisotopic (exact) mass is 275 g/mol. The molecule has 4 heteroatoms. The van der Waals surface area contributed by atoms with Crippen LogP contribution in [-0.4, -0.2) is 41.2 Å². The molecule has 1 aliphatic heterocycles. The second kappa shape index (κ2) is 5.54. The molecule has 1 aromatic carbocycles.